The van der Waals surface area contributed by atoms with Crippen LogP contribution in [0.4, 0.5) is 0 Å². The zero-order chi connectivity index (χ0) is 13.2. The van der Waals surface area contributed by atoms with Crippen molar-refractivity contribution in [2.45, 2.75) is 71.7 Å². The maximum atomic E-state index is 10.0. The summed E-state index contributed by atoms with van der Waals surface area (Å²) in [6.45, 7) is 16.2. The van der Waals surface area contributed by atoms with E-state index < -0.39 is 5.60 Å². The maximum Gasteiger partial charge on any atom is 0.0607 e. The Balaban J connectivity index is 2.69. The van der Waals surface area contributed by atoms with Crippen molar-refractivity contribution in [3.8, 4) is 0 Å². The van der Waals surface area contributed by atoms with E-state index in [0.29, 0.717) is 18.1 Å². The molecule has 0 spiro atoms. The van der Waals surface area contributed by atoms with Gasteiger partial charge in [0.25, 0.3) is 0 Å². The summed E-state index contributed by atoms with van der Waals surface area (Å²) in [6.07, 6.45) is 0.856. The Bertz CT molecular complexity index is 233. The summed E-state index contributed by atoms with van der Waals surface area (Å²) in [4.78, 5) is 5.06. The van der Waals surface area contributed by atoms with Gasteiger partial charge < -0.3 is 5.11 Å². The minimum absolute atomic E-state index is 0.478. The third-order valence-electron chi connectivity index (χ3n) is 3.69. The lowest BCUT2D eigenvalue weighted by molar-refractivity contribution is -0.0171. The summed E-state index contributed by atoms with van der Waals surface area (Å²) >= 11 is 0. The lowest BCUT2D eigenvalue weighted by atomic mass is 9.95. The highest BCUT2D eigenvalue weighted by molar-refractivity contribution is 4.88. The molecule has 0 bridgehead atoms. The van der Waals surface area contributed by atoms with E-state index in [0.717, 1.165) is 26.1 Å². The van der Waals surface area contributed by atoms with Crippen LogP contribution in [-0.2, 0) is 0 Å². The molecule has 0 aromatic heterocycles. The van der Waals surface area contributed by atoms with Gasteiger partial charge in [-0.25, -0.2) is 0 Å². The number of hydrogen-bond acceptors (Lipinski definition) is 3. The van der Waals surface area contributed by atoms with Gasteiger partial charge in [-0.1, -0.05) is 0 Å². The van der Waals surface area contributed by atoms with Crippen molar-refractivity contribution < 1.29 is 5.11 Å². The Kier molecular flexibility index (Phi) is 4.99. The van der Waals surface area contributed by atoms with Gasteiger partial charge in [-0.3, -0.25) is 9.80 Å². The van der Waals surface area contributed by atoms with E-state index in [9.17, 15) is 5.11 Å². The molecule has 0 unspecified atom stereocenters. The van der Waals surface area contributed by atoms with Crippen LogP contribution in [0.25, 0.3) is 0 Å². The van der Waals surface area contributed by atoms with E-state index >= 15 is 0 Å². The van der Waals surface area contributed by atoms with Crippen LogP contribution in [0.3, 0.4) is 0 Å². The molecule has 1 aliphatic rings. The number of hydrogen-bond donors (Lipinski definition) is 1. The van der Waals surface area contributed by atoms with Gasteiger partial charge in [-0.15, -0.1) is 0 Å². The summed E-state index contributed by atoms with van der Waals surface area (Å²) < 4.78 is 0. The molecular weight excluding hydrogens is 212 g/mol. The average molecular weight is 242 g/mol. The lowest BCUT2D eigenvalue weighted by Crippen LogP contribution is -2.58. The van der Waals surface area contributed by atoms with Crippen LogP contribution in [0, 0.1) is 0 Å². The van der Waals surface area contributed by atoms with Crippen molar-refractivity contribution >= 4 is 0 Å². The minimum Gasteiger partial charge on any atom is -0.390 e. The molecule has 0 aliphatic carbocycles. The largest absolute Gasteiger partial charge is 0.390 e. The van der Waals surface area contributed by atoms with E-state index in [1.165, 1.54) is 0 Å². The molecule has 1 aliphatic heterocycles. The average Bonchev–Trinajstić information content (AvgIpc) is 2.14. The summed E-state index contributed by atoms with van der Waals surface area (Å²) in [6, 6.07) is 1.65. The van der Waals surface area contributed by atoms with Crippen molar-refractivity contribution in [3.63, 3.8) is 0 Å². The van der Waals surface area contributed by atoms with Crippen molar-refractivity contribution in [2.24, 2.45) is 0 Å². The van der Waals surface area contributed by atoms with E-state index in [4.69, 9.17) is 0 Å². The predicted octanol–water partition coefficient (Wildman–Crippen LogP) is 1.95. The van der Waals surface area contributed by atoms with Gasteiger partial charge in [0, 0.05) is 37.8 Å². The highest BCUT2D eigenvalue weighted by Crippen LogP contribution is 2.22. The maximum absolute atomic E-state index is 10.0. The smallest absolute Gasteiger partial charge is 0.0607 e. The molecule has 17 heavy (non-hydrogen) atoms. The number of rotatable bonds is 4. The van der Waals surface area contributed by atoms with Gasteiger partial charge in [0.1, 0.15) is 0 Å². The van der Waals surface area contributed by atoms with E-state index in [-0.39, 0.29) is 0 Å². The van der Waals surface area contributed by atoms with Crippen LogP contribution in [0.1, 0.15) is 48.0 Å². The molecule has 102 valence electrons. The van der Waals surface area contributed by atoms with Crippen LogP contribution in [-0.4, -0.2) is 58.3 Å². The van der Waals surface area contributed by atoms with E-state index in [1.54, 1.807) is 0 Å². The Morgan fingerprint density at radius 2 is 1.71 bits per heavy atom. The second-order valence-electron chi connectivity index (χ2n) is 6.59. The van der Waals surface area contributed by atoms with Crippen LogP contribution in [0.15, 0.2) is 0 Å². The second-order valence-corrected chi connectivity index (χ2v) is 6.59. The Hall–Kier alpha value is -0.120. The lowest BCUT2D eigenvalue weighted by Gasteiger charge is -2.46. The van der Waals surface area contributed by atoms with E-state index in [2.05, 4.69) is 37.5 Å². The zero-order valence-electron chi connectivity index (χ0n) is 12.4. The Morgan fingerprint density at radius 1 is 1.12 bits per heavy atom. The molecule has 1 fully saturated rings. The van der Waals surface area contributed by atoms with Crippen LogP contribution in [0.2, 0.25) is 0 Å². The predicted molar refractivity (Wildman–Crippen MR) is 73.3 cm³/mol. The van der Waals surface area contributed by atoms with E-state index in [1.807, 2.05) is 13.8 Å². The quantitative estimate of drug-likeness (QED) is 0.816. The topological polar surface area (TPSA) is 26.7 Å². The van der Waals surface area contributed by atoms with Crippen molar-refractivity contribution in [2.75, 3.05) is 19.6 Å². The first kappa shape index (κ1) is 14.9. The van der Waals surface area contributed by atoms with Crippen molar-refractivity contribution in [1.29, 1.82) is 0 Å². The first-order valence-electron chi connectivity index (χ1n) is 6.93. The first-order chi connectivity index (χ1) is 7.70. The summed E-state index contributed by atoms with van der Waals surface area (Å²) in [5.41, 5.74) is -0.572. The fourth-order valence-corrected chi connectivity index (χ4v) is 2.80. The number of nitrogens with zero attached hydrogens (tertiary/aromatic N) is 2. The monoisotopic (exact) mass is 242 g/mol. The van der Waals surface area contributed by atoms with Crippen molar-refractivity contribution in [3.05, 3.63) is 0 Å². The van der Waals surface area contributed by atoms with Crippen LogP contribution >= 0.6 is 0 Å². The molecule has 1 atom stereocenters. The standard InChI is InChI=1S/C14H30N2O/c1-11(2)15-7-8-16(12(3)4)13(10-15)9-14(5,6)17/h11-13,17H,7-10H2,1-6H3/t13-/m1/s1. The fourth-order valence-electron chi connectivity index (χ4n) is 2.80. The molecular formula is C14H30N2O. The van der Waals surface area contributed by atoms with Gasteiger partial charge in [0.05, 0.1) is 5.60 Å². The molecule has 0 aromatic rings. The molecule has 1 rings (SSSR count). The molecule has 1 N–H and O–H groups in total. The van der Waals surface area contributed by atoms with Crippen LogP contribution < -0.4 is 0 Å². The summed E-state index contributed by atoms with van der Waals surface area (Å²) in [7, 11) is 0. The third-order valence-corrected chi connectivity index (χ3v) is 3.69. The third kappa shape index (κ3) is 4.57. The summed E-state index contributed by atoms with van der Waals surface area (Å²) in [5.74, 6) is 0. The van der Waals surface area contributed by atoms with Gasteiger partial charge >= 0.3 is 0 Å². The Labute approximate surface area is 107 Å². The molecule has 0 amide bonds. The molecule has 3 heteroatoms. The Morgan fingerprint density at radius 3 is 2.12 bits per heavy atom. The fraction of sp³-hybridized carbons (Fsp3) is 1.00. The van der Waals surface area contributed by atoms with Crippen LogP contribution in [0.5, 0.6) is 0 Å². The second kappa shape index (κ2) is 5.68. The normalized spacial score (nSPS) is 24.9. The molecule has 3 nitrogen and oxygen atoms in total. The highest BCUT2D eigenvalue weighted by Gasteiger charge is 2.32. The van der Waals surface area contributed by atoms with Gasteiger partial charge in [-0.2, -0.15) is 0 Å². The number of aliphatic hydroxyl groups is 1. The molecule has 0 saturated carbocycles. The molecule has 1 saturated heterocycles. The SMILES string of the molecule is CC(C)N1CCN(C(C)C)[C@H](CC(C)(C)O)C1. The first-order valence-corrected chi connectivity index (χ1v) is 6.93. The van der Waals surface area contributed by atoms with Gasteiger partial charge in [0.2, 0.25) is 0 Å². The van der Waals surface area contributed by atoms with Gasteiger partial charge in [-0.05, 0) is 48.0 Å². The minimum atomic E-state index is -0.572. The number of piperazine rings is 1. The van der Waals surface area contributed by atoms with Crippen molar-refractivity contribution in [1.82, 2.24) is 9.80 Å². The summed E-state index contributed by atoms with van der Waals surface area (Å²) in [5, 5.41) is 10.0. The highest BCUT2D eigenvalue weighted by atomic mass is 16.3. The molecule has 0 radical (unpaired) electrons. The van der Waals surface area contributed by atoms with Gasteiger partial charge in [0.15, 0.2) is 0 Å². The molecule has 1 heterocycles. The molecule has 0 aromatic carbocycles. The zero-order valence-corrected chi connectivity index (χ0v) is 12.4.